The van der Waals surface area contributed by atoms with E-state index in [1.807, 2.05) is 29.8 Å². The van der Waals surface area contributed by atoms with Crippen molar-refractivity contribution >= 4 is 33.7 Å². The van der Waals surface area contributed by atoms with Gasteiger partial charge in [0.1, 0.15) is 23.5 Å². The fourth-order valence-electron chi connectivity index (χ4n) is 3.48. The monoisotopic (exact) mass is 377 g/mol. The second-order valence-corrected chi connectivity index (χ2v) is 7.85. The van der Waals surface area contributed by atoms with E-state index in [0.29, 0.717) is 17.2 Å². The predicted octanol–water partition coefficient (Wildman–Crippen LogP) is 2.98. The summed E-state index contributed by atoms with van der Waals surface area (Å²) in [6.45, 7) is 8.12. The summed E-state index contributed by atoms with van der Waals surface area (Å²) in [6.07, 6.45) is 1.46. The minimum Gasteiger partial charge on any atom is -0.383 e. The van der Waals surface area contributed by atoms with Crippen molar-refractivity contribution < 1.29 is 4.79 Å². The van der Waals surface area contributed by atoms with Crippen LogP contribution in [0.25, 0.3) is 33.2 Å². The molecule has 0 aliphatic carbocycles. The summed E-state index contributed by atoms with van der Waals surface area (Å²) in [4.78, 5) is 23.9. The molecule has 1 amide bonds. The number of nitrogens with one attached hydrogen (secondary N) is 2. The maximum Gasteiger partial charge on any atom is 0.267 e. The van der Waals surface area contributed by atoms with Crippen LogP contribution in [0.3, 0.4) is 0 Å². The van der Waals surface area contributed by atoms with E-state index in [1.165, 1.54) is 6.33 Å². The van der Waals surface area contributed by atoms with Crippen LogP contribution in [0.2, 0.25) is 0 Å². The third kappa shape index (κ3) is 2.60. The zero-order valence-corrected chi connectivity index (χ0v) is 16.6. The Morgan fingerprint density at radius 2 is 2.00 bits per heavy atom. The highest BCUT2D eigenvalue weighted by Crippen LogP contribution is 2.34. The lowest BCUT2D eigenvalue weighted by molar-refractivity contribution is 0.0958. The molecule has 0 bridgehead atoms. The first-order chi connectivity index (χ1) is 13.2. The van der Waals surface area contributed by atoms with Gasteiger partial charge >= 0.3 is 0 Å². The quantitative estimate of drug-likeness (QED) is 0.497. The molecule has 0 aliphatic heterocycles. The number of aromatic nitrogens is 5. The maximum atomic E-state index is 12.1. The summed E-state index contributed by atoms with van der Waals surface area (Å²) in [7, 11) is 1.62. The number of H-pyrrole nitrogens is 1. The van der Waals surface area contributed by atoms with Crippen LogP contribution in [-0.2, 0) is 5.54 Å². The molecule has 0 spiro atoms. The Morgan fingerprint density at radius 1 is 1.25 bits per heavy atom. The van der Waals surface area contributed by atoms with Gasteiger partial charge in [-0.05, 0) is 39.3 Å². The zero-order valence-electron chi connectivity index (χ0n) is 16.6. The van der Waals surface area contributed by atoms with Gasteiger partial charge in [-0.3, -0.25) is 4.79 Å². The van der Waals surface area contributed by atoms with Crippen molar-refractivity contribution in [2.75, 3.05) is 12.8 Å². The predicted molar refractivity (Wildman–Crippen MR) is 110 cm³/mol. The number of rotatable bonds is 2. The van der Waals surface area contributed by atoms with Gasteiger partial charge in [0, 0.05) is 23.5 Å². The smallest absolute Gasteiger partial charge is 0.267 e. The SMILES string of the molecule is CNC(=O)c1[nH]c2cc(-c3nn(C(C)(C)C)c4ncnc(N)c34)ccc2c1C. The number of benzene rings is 1. The number of nitrogen functional groups attached to an aromatic ring is 1. The van der Waals surface area contributed by atoms with Gasteiger partial charge in [0.25, 0.3) is 5.91 Å². The molecule has 0 aliphatic rings. The molecule has 8 heteroatoms. The zero-order chi connectivity index (χ0) is 20.2. The van der Waals surface area contributed by atoms with Gasteiger partial charge in [-0.1, -0.05) is 12.1 Å². The van der Waals surface area contributed by atoms with E-state index in [9.17, 15) is 4.79 Å². The summed E-state index contributed by atoms with van der Waals surface area (Å²) in [5.41, 5.74) is 10.5. The molecule has 4 aromatic rings. The van der Waals surface area contributed by atoms with Crippen molar-refractivity contribution in [2.45, 2.75) is 33.2 Å². The van der Waals surface area contributed by atoms with Crippen LogP contribution < -0.4 is 11.1 Å². The molecule has 4 N–H and O–H groups in total. The van der Waals surface area contributed by atoms with Crippen LogP contribution in [0.1, 0.15) is 36.8 Å². The number of carbonyl (C=O) groups excluding carboxylic acids is 1. The van der Waals surface area contributed by atoms with Gasteiger partial charge in [-0.15, -0.1) is 0 Å². The lowest BCUT2D eigenvalue weighted by Gasteiger charge is -2.19. The number of aromatic amines is 1. The van der Waals surface area contributed by atoms with E-state index >= 15 is 0 Å². The van der Waals surface area contributed by atoms with Crippen molar-refractivity contribution in [2.24, 2.45) is 0 Å². The molecule has 28 heavy (non-hydrogen) atoms. The second-order valence-electron chi connectivity index (χ2n) is 7.85. The molecular weight excluding hydrogens is 354 g/mol. The summed E-state index contributed by atoms with van der Waals surface area (Å²) in [6, 6.07) is 5.96. The molecule has 3 aromatic heterocycles. The number of aryl methyl sites for hydroxylation is 1. The van der Waals surface area contributed by atoms with Crippen LogP contribution in [-0.4, -0.2) is 37.7 Å². The largest absolute Gasteiger partial charge is 0.383 e. The molecule has 0 fully saturated rings. The summed E-state index contributed by atoms with van der Waals surface area (Å²) in [5.74, 6) is 0.250. The third-order valence-corrected chi connectivity index (χ3v) is 4.92. The number of nitrogens with two attached hydrogens (primary N) is 1. The highest BCUT2D eigenvalue weighted by molar-refractivity contribution is 6.03. The Labute approximate surface area is 162 Å². The number of hydrogen-bond acceptors (Lipinski definition) is 5. The molecule has 0 saturated heterocycles. The van der Waals surface area contributed by atoms with Crippen LogP contribution in [0, 0.1) is 6.92 Å². The van der Waals surface area contributed by atoms with Crippen molar-refractivity contribution in [1.82, 2.24) is 30.0 Å². The summed E-state index contributed by atoms with van der Waals surface area (Å²) < 4.78 is 1.87. The molecule has 0 radical (unpaired) electrons. The number of fused-ring (bicyclic) bond motifs is 2. The standard InChI is InChI=1S/C20H23N7O/c1-10-12-7-6-11(8-13(12)25-15(10)19(28)22-5)16-14-17(21)23-9-24-18(14)27(26-16)20(2,3)4/h6-9,25H,1-5H3,(H,22,28)(H2,21,23,24). The topological polar surface area (TPSA) is 115 Å². The van der Waals surface area contributed by atoms with Crippen molar-refractivity contribution in [1.29, 1.82) is 0 Å². The lowest BCUT2D eigenvalue weighted by Crippen LogP contribution is -2.23. The molecule has 0 saturated carbocycles. The average Bonchev–Trinajstić information content (AvgIpc) is 3.20. The van der Waals surface area contributed by atoms with Crippen LogP contribution in [0.4, 0.5) is 5.82 Å². The highest BCUT2D eigenvalue weighted by atomic mass is 16.1. The number of carbonyl (C=O) groups is 1. The second kappa shape index (κ2) is 6.05. The van der Waals surface area contributed by atoms with Crippen molar-refractivity contribution in [3.8, 4) is 11.3 Å². The Hall–Kier alpha value is -3.42. The molecule has 8 nitrogen and oxygen atoms in total. The first-order valence-corrected chi connectivity index (χ1v) is 9.07. The first-order valence-electron chi connectivity index (χ1n) is 9.07. The normalized spacial score (nSPS) is 12.0. The minimum atomic E-state index is -0.267. The Bertz CT molecular complexity index is 1230. The van der Waals surface area contributed by atoms with Gasteiger partial charge < -0.3 is 16.0 Å². The Balaban J connectivity index is 1.98. The Kier molecular flexibility index (Phi) is 3.88. The molecule has 0 unspecified atom stereocenters. The van der Waals surface area contributed by atoms with E-state index < -0.39 is 0 Å². The molecule has 4 rings (SSSR count). The number of nitrogens with zero attached hydrogens (tertiary/aromatic N) is 4. The number of anilines is 1. The summed E-state index contributed by atoms with van der Waals surface area (Å²) >= 11 is 0. The van der Waals surface area contributed by atoms with E-state index in [0.717, 1.165) is 33.1 Å². The molecule has 3 heterocycles. The maximum absolute atomic E-state index is 12.1. The average molecular weight is 377 g/mol. The van der Waals surface area contributed by atoms with Crippen molar-refractivity contribution in [3.63, 3.8) is 0 Å². The van der Waals surface area contributed by atoms with Gasteiger partial charge in [-0.2, -0.15) is 5.10 Å². The van der Waals surface area contributed by atoms with Gasteiger partial charge in [0.15, 0.2) is 5.65 Å². The van der Waals surface area contributed by atoms with Crippen LogP contribution >= 0.6 is 0 Å². The van der Waals surface area contributed by atoms with E-state index in [-0.39, 0.29) is 11.4 Å². The van der Waals surface area contributed by atoms with Crippen LogP contribution in [0.5, 0.6) is 0 Å². The van der Waals surface area contributed by atoms with E-state index in [4.69, 9.17) is 10.8 Å². The van der Waals surface area contributed by atoms with Gasteiger partial charge in [0.2, 0.25) is 0 Å². The summed E-state index contributed by atoms with van der Waals surface area (Å²) in [5, 5.41) is 9.20. The fraction of sp³-hybridized carbons (Fsp3) is 0.300. The molecule has 144 valence electrons. The Morgan fingerprint density at radius 3 is 2.68 bits per heavy atom. The third-order valence-electron chi connectivity index (χ3n) is 4.92. The number of amides is 1. The minimum absolute atomic E-state index is 0.143. The van der Waals surface area contributed by atoms with Crippen LogP contribution in [0.15, 0.2) is 24.5 Å². The molecular formula is C20H23N7O. The van der Waals surface area contributed by atoms with Crippen molar-refractivity contribution in [3.05, 3.63) is 35.8 Å². The molecule has 0 atom stereocenters. The first kappa shape index (κ1) is 18.0. The van der Waals surface area contributed by atoms with E-state index in [1.54, 1.807) is 7.05 Å². The van der Waals surface area contributed by atoms with Gasteiger partial charge in [0.05, 0.1) is 10.9 Å². The van der Waals surface area contributed by atoms with Gasteiger partial charge in [-0.25, -0.2) is 14.6 Å². The lowest BCUT2D eigenvalue weighted by atomic mass is 10.1. The van der Waals surface area contributed by atoms with E-state index in [2.05, 4.69) is 41.0 Å². The number of hydrogen-bond donors (Lipinski definition) is 3. The molecule has 1 aromatic carbocycles. The fourth-order valence-corrected chi connectivity index (χ4v) is 3.48. The highest BCUT2D eigenvalue weighted by Gasteiger charge is 2.24.